The Morgan fingerprint density at radius 1 is 1.20 bits per heavy atom. The highest BCUT2D eigenvalue weighted by atomic mass is 19.1. The van der Waals surface area contributed by atoms with Crippen LogP contribution in [0.2, 0.25) is 0 Å². The summed E-state index contributed by atoms with van der Waals surface area (Å²) in [7, 11) is 0. The van der Waals surface area contributed by atoms with Crippen LogP contribution in [0.15, 0.2) is 30.5 Å². The number of aromatic nitrogens is 2. The van der Waals surface area contributed by atoms with Gasteiger partial charge in [-0.1, -0.05) is 12.1 Å². The molecule has 2 aliphatic rings. The van der Waals surface area contributed by atoms with Gasteiger partial charge in [0.25, 0.3) is 0 Å². The summed E-state index contributed by atoms with van der Waals surface area (Å²) in [5, 5.41) is 8.00. The second-order valence-corrected chi connectivity index (χ2v) is 5.86. The van der Waals surface area contributed by atoms with E-state index in [1.807, 2.05) is 18.3 Å². The molecule has 0 unspecified atom stereocenters. The lowest BCUT2D eigenvalue weighted by molar-refractivity contribution is 0.599. The van der Waals surface area contributed by atoms with E-state index in [0.29, 0.717) is 24.2 Å². The van der Waals surface area contributed by atoms with Crippen molar-refractivity contribution in [3.63, 3.8) is 0 Å². The summed E-state index contributed by atoms with van der Waals surface area (Å²) in [6.07, 6.45) is 6.78. The predicted molar refractivity (Wildman–Crippen MR) is 75.4 cm³/mol. The van der Waals surface area contributed by atoms with Crippen molar-refractivity contribution < 1.29 is 4.39 Å². The van der Waals surface area contributed by atoms with E-state index in [1.165, 1.54) is 31.7 Å². The first kappa shape index (κ1) is 12.1. The molecule has 20 heavy (non-hydrogen) atoms. The lowest BCUT2D eigenvalue weighted by atomic mass is 10.1. The van der Waals surface area contributed by atoms with Crippen molar-refractivity contribution in [2.75, 3.05) is 0 Å². The Morgan fingerprint density at radius 3 is 2.80 bits per heavy atom. The molecule has 2 fully saturated rings. The van der Waals surface area contributed by atoms with Gasteiger partial charge in [-0.2, -0.15) is 5.10 Å². The molecule has 1 aromatic carbocycles. The van der Waals surface area contributed by atoms with E-state index in [0.717, 1.165) is 11.3 Å². The minimum Gasteiger partial charge on any atom is -0.310 e. The highest BCUT2D eigenvalue weighted by Crippen LogP contribution is 2.39. The average Bonchev–Trinajstić information content (AvgIpc) is 3.37. The summed E-state index contributed by atoms with van der Waals surface area (Å²) in [5.74, 6) is 0.390. The van der Waals surface area contributed by atoms with Crippen molar-refractivity contribution in [1.29, 1.82) is 0 Å². The summed E-state index contributed by atoms with van der Waals surface area (Å²) in [6, 6.07) is 7.89. The largest absolute Gasteiger partial charge is 0.310 e. The Kier molecular flexibility index (Phi) is 2.84. The molecule has 2 aromatic rings. The second-order valence-electron chi connectivity index (χ2n) is 5.86. The van der Waals surface area contributed by atoms with Gasteiger partial charge in [0.1, 0.15) is 11.5 Å². The van der Waals surface area contributed by atoms with E-state index in [2.05, 4.69) is 10.4 Å². The lowest BCUT2D eigenvalue weighted by Gasteiger charge is -2.11. The Labute approximate surface area is 117 Å². The highest BCUT2D eigenvalue weighted by molar-refractivity contribution is 5.42. The van der Waals surface area contributed by atoms with Crippen LogP contribution in [-0.2, 0) is 6.54 Å². The number of benzene rings is 1. The molecule has 0 aliphatic heterocycles. The smallest absolute Gasteiger partial charge is 0.149 e. The van der Waals surface area contributed by atoms with Crippen LogP contribution in [0.1, 0.15) is 42.9 Å². The van der Waals surface area contributed by atoms with Crippen molar-refractivity contribution in [1.82, 2.24) is 15.1 Å². The Bertz CT molecular complexity index is 626. The van der Waals surface area contributed by atoms with Crippen LogP contribution in [-0.4, -0.2) is 15.8 Å². The van der Waals surface area contributed by atoms with Crippen LogP contribution in [0.4, 0.5) is 4.39 Å². The number of halogens is 1. The molecule has 1 heterocycles. The first-order valence-electron chi connectivity index (χ1n) is 7.38. The Morgan fingerprint density at radius 2 is 2.05 bits per heavy atom. The van der Waals surface area contributed by atoms with Gasteiger partial charge >= 0.3 is 0 Å². The lowest BCUT2D eigenvalue weighted by Crippen LogP contribution is -2.17. The van der Waals surface area contributed by atoms with E-state index >= 15 is 0 Å². The zero-order valence-electron chi connectivity index (χ0n) is 11.3. The Hall–Kier alpha value is -1.68. The molecule has 4 rings (SSSR count). The second kappa shape index (κ2) is 4.70. The number of nitrogens with zero attached hydrogens (tertiary/aromatic N) is 2. The minimum atomic E-state index is -0.203. The van der Waals surface area contributed by atoms with Crippen molar-refractivity contribution in [3.8, 4) is 5.69 Å². The fraction of sp³-hybridized carbons (Fsp3) is 0.438. The quantitative estimate of drug-likeness (QED) is 0.905. The topological polar surface area (TPSA) is 29.9 Å². The number of para-hydroxylation sites is 1. The van der Waals surface area contributed by atoms with Gasteiger partial charge in [-0.25, -0.2) is 9.07 Å². The molecular weight excluding hydrogens is 253 g/mol. The normalized spacial score (nSPS) is 18.4. The molecule has 0 saturated heterocycles. The molecule has 1 N–H and O–H groups in total. The number of nitrogens with one attached hydrogen (secondary N) is 1. The van der Waals surface area contributed by atoms with Gasteiger partial charge < -0.3 is 5.32 Å². The van der Waals surface area contributed by atoms with Crippen LogP contribution in [0, 0.1) is 5.82 Å². The summed E-state index contributed by atoms with van der Waals surface area (Å²) in [6.45, 7) is 0.705. The number of hydrogen-bond donors (Lipinski definition) is 1. The first-order chi connectivity index (χ1) is 9.81. The molecule has 0 amide bonds. The summed E-state index contributed by atoms with van der Waals surface area (Å²) >= 11 is 0. The molecule has 2 aliphatic carbocycles. The van der Waals surface area contributed by atoms with Gasteiger partial charge in [0.05, 0.1) is 5.69 Å². The molecule has 2 saturated carbocycles. The van der Waals surface area contributed by atoms with Crippen LogP contribution in [0.3, 0.4) is 0 Å². The third-order valence-corrected chi connectivity index (χ3v) is 4.06. The maximum atomic E-state index is 14.2. The number of hydrogen-bond acceptors (Lipinski definition) is 2. The van der Waals surface area contributed by atoms with Crippen LogP contribution < -0.4 is 5.32 Å². The molecule has 0 bridgehead atoms. The van der Waals surface area contributed by atoms with Gasteiger partial charge in [-0.05, 0) is 43.4 Å². The van der Waals surface area contributed by atoms with Crippen molar-refractivity contribution in [2.45, 2.75) is 44.2 Å². The molecule has 0 radical (unpaired) electrons. The first-order valence-corrected chi connectivity index (χ1v) is 7.38. The van der Waals surface area contributed by atoms with E-state index in [9.17, 15) is 4.39 Å². The molecule has 3 nitrogen and oxygen atoms in total. The Balaban J connectivity index is 1.66. The van der Waals surface area contributed by atoms with Gasteiger partial charge in [0.15, 0.2) is 0 Å². The average molecular weight is 271 g/mol. The van der Waals surface area contributed by atoms with Gasteiger partial charge in [-0.15, -0.1) is 0 Å². The fourth-order valence-corrected chi connectivity index (χ4v) is 2.56. The van der Waals surface area contributed by atoms with Gasteiger partial charge in [0, 0.05) is 24.7 Å². The maximum absolute atomic E-state index is 14.2. The van der Waals surface area contributed by atoms with E-state index in [1.54, 1.807) is 10.7 Å². The van der Waals surface area contributed by atoms with Crippen LogP contribution in [0.25, 0.3) is 5.69 Å². The highest BCUT2D eigenvalue weighted by Gasteiger charge is 2.26. The van der Waals surface area contributed by atoms with E-state index in [4.69, 9.17) is 0 Å². The summed E-state index contributed by atoms with van der Waals surface area (Å²) in [5.41, 5.74) is 2.66. The third-order valence-electron chi connectivity index (χ3n) is 4.06. The third kappa shape index (κ3) is 2.36. The van der Waals surface area contributed by atoms with E-state index in [-0.39, 0.29) is 5.82 Å². The van der Waals surface area contributed by atoms with E-state index < -0.39 is 0 Å². The van der Waals surface area contributed by atoms with Crippen LogP contribution >= 0.6 is 0 Å². The van der Waals surface area contributed by atoms with Gasteiger partial charge in [0.2, 0.25) is 0 Å². The molecule has 0 atom stereocenters. The summed E-state index contributed by atoms with van der Waals surface area (Å²) in [4.78, 5) is 0. The fourth-order valence-electron chi connectivity index (χ4n) is 2.56. The van der Waals surface area contributed by atoms with Crippen LogP contribution in [0.5, 0.6) is 0 Å². The van der Waals surface area contributed by atoms with Crippen molar-refractivity contribution in [2.24, 2.45) is 0 Å². The standard InChI is InChI=1S/C16H18FN3/c17-14-3-1-2-12(10-18-13-6-7-13)16(14)20-9-8-15(19-20)11-4-5-11/h1-3,8-9,11,13,18H,4-7,10H2. The van der Waals surface area contributed by atoms with Crippen molar-refractivity contribution in [3.05, 3.63) is 47.5 Å². The molecule has 4 heteroatoms. The minimum absolute atomic E-state index is 0.203. The summed E-state index contributed by atoms with van der Waals surface area (Å²) < 4.78 is 15.9. The van der Waals surface area contributed by atoms with Gasteiger partial charge in [-0.3, -0.25) is 0 Å². The maximum Gasteiger partial charge on any atom is 0.149 e. The SMILES string of the molecule is Fc1cccc(CNC2CC2)c1-n1ccc(C2CC2)n1. The van der Waals surface area contributed by atoms with Crippen molar-refractivity contribution >= 4 is 0 Å². The predicted octanol–water partition coefficient (Wildman–Crippen LogP) is 3.14. The molecular formula is C16H18FN3. The molecule has 104 valence electrons. The molecule has 1 aromatic heterocycles. The number of rotatable bonds is 5. The molecule has 0 spiro atoms. The zero-order chi connectivity index (χ0) is 13.5. The monoisotopic (exact) mass is 271 g/mol. The zero-order valence-corrected chi connectivity index (χ0v) is 11.3.